The minimum atomic E-state index is 0.729. The number of alkyl halides is 1. The maximum atomic E-state index is 5.09. The van der Waals surface area contributed by atoms with Gasteiger partial charge in [-0.2, -0.15) is 0 Å². The molecule has 1 aromatic carbocycles. The van der Waals surface area contributed by atoms with Crippen LogP contribution in [-0.4, -0.2) is 17.1 Å². The number of halogens is 1. The van der Waals surface area contributed by atoms with Gasteiger partial charge >= 0.3 is 0 Å². The molecule has 0 aliphatic rings. The number of nitrogens with zero attached hydrogens (tertiary/aromatic N) is 2. The zero-order chi connectivity index (χ0) is 11.4. The number of rotatable bonds is 3. The van der Waals surface area contributed by atoms with Crippen LogP contribution in [0.3, 0.4) is 0 Å². The monoisotopic (exact) mass is 278 g/mol. The van der Waals surface area contributed by atoms with Crippen molar-refractivity contribution in [1.82, 2.24) is 9.97 Å². The van der Waals surface area contributed by atoms with Gasteiger partial charge in [0.05, 0.1) is 7.11 Å². The fourth-order valence-electron chi connectivity index (χ4n) is 1.31. The third-order valence-electron chi connectivity index (χ3n) is 2.21. The van der Waals surface area contributed by atoms with Gasteiger partial charge in [0.2, 0.25) is 0 Å². The van der Waals surface area contributed by atoms with Crippen molar-refractivity contribution in [2.45, 2.75) is 5.33 Å². The van der Waals surface area contributed by atoms with Gasteiger partial charge in [0.1, 0.15) is 5.75 Å². The van der Waals surface area contributed by atoms with Gasteiger partial charge in [-0.15, -0.1) is 0 Å². The Morgan fingerprint density at radius 1 is 1.12 bits per heavy atom. The highest BCUT2D eigenvalue weighted by Crippen LogP contribution is 2.18. The van der Waals surface area contributed by atoms with E-state index in [1.807, 2.05) is 36.7 Å². The first-order valence-electron chi connectivity index (χ1n) is 4.85. The molecule has 0 fully saturated rings. The number of ether oxygens (including phenoxy) is 1. The van der Waals surface area contributed by atoms with E-state index in [1.165, 1.54) is 0 Å². The van der Waals surface area contributed by atoms with Crippen molar-refractivity contribution >= 4 is 15.9 Å². The van der Waals surface area contributed by atoms with Crippen LogP contribution in [0.1, 0.15) is 5.56 Å². The summed E-state index contributed by atoms with van der Waals surface area (Å²) in [6, 6.07) is 7.69. The number of aromatic nitrogens is 2. The van der Waals surface area contributed by atoms with E-state index in [4.69, 9.17) is 4.74 Å². The second kappa shape index (κ2) is 5.07. The van der Waals surface area contributed by atoms with Crippen molar-refractivity contribution < 1.29 is 4.74 Å². The number of methoxy groups -OCH3 is 1. The Hall–Kier alpha value is -1.42. The Balaban J connectivity index is 2.28. The Morgan fingerprint density at radius 2 is 1.75 bits per heavy atom. The summed E-state index contributed by atoms with van der Waals surface area (Å²) in [7, 11) is 1.65. The molecule has 3 nitrogen and oxygen atoms in total. The van der Waals surface area contributed by atoms with Gasteiger partial charge in [-0.1, -0.05) is 15.9 Å². The smallest absolute Gasteiger partial charge is 0.159 e. The summed E-state index contributed by atoms with van der Waals surface area (Å²) in [6.07, 6.45) is 3.64. The van der Waals surface area contributed by atoms with Crippen LogP contribution in [0.15, 0.2) is 36.7 Å². The Labute approximate surface area is 103 Å². The maximum absolute atomic E-state index is 5.09. The molecule has 16 heavy (non-hydrogen) atoms. The average molecular weight is 279 g/mol. The van der Waals surface area contributed by atoms with Crippen LogP contribution >= 0.6 is 15.9 Å². The standard InChI is InChI=1S/C12H11BrN2O/c1-16-11-4-2-10(3-5-11)12-14-7-9(6-13)8-15-12/h2-5,7-8H,6H2,1H3. The third kappa shape index (κ3) is 2.39. The van der Waals surface area contributed by atoms with Gasteiger partial charge in [0.25, 0.3) is 0 Å². The summed E-state index contributed by atoms with van der Waals surface area (Å²) in [5.41, 5.74) is 2.05. The summed E-state index contributed by atoms with van der Waals surface area (Å²) < 4.78 is 5.09. The van der Waals surface area contributed by atoms with Gasteiger partial charge in [0.15, 0.2) is 5.82 Å². The van der Waals surface area contributed by atoms with Crippen LogP contribution in [0.2, 0.25) is 0 Å². The summed E-state index contributed by atoms with van der Waals surface area (Å²) in [6.45, 7) is 0. The van der Waals surface area contributed by atoms with Crippen molar-refractivity contribution in [3.05, 3.63) is 42.2 Å². The van der Waals surface area contributed by atoms with E-state index in [1.54, 1.807) is 7.11 Å². The molecule has 1 aromatic heterocycles. The van der Waals surface area contributed by atoms with Gasteiger partial charge in [-0.05, 0) is 29.8 Å². The molecular formula is C12H11BrN2O. The lowest BCUT2D eigenvalue weighted by atomic mass is 10.2. The molecule has 0 aliphatic carbocycles. The lowest BCUT2D eigenvalue weighted by molar-refractivity contribution is 0.415. The Bertz CT molecular complexity index is 408. The second-order valence-electron chi connectivity index (χ2n) is 3.28. The molecule has 0 radical (unpaired) electrons. The highest BCUT2D eigenvalue weighted by atomic mass is 79.9. The normalized spacial score (nSPS) is 10.1. The average Bonchev–Trinajstić information content (AvgIpc) is 2.39. The van der Waals surface area contributed by atoms with Gasteiger partial charge < -0.3 is 4.74 Å². The minimum absolute atomic E-state index is 0.729. The second-order valence-corrected chi connectivity index (χ2v) is 3.84. The fourth-order valence-corrected chi connectivity index (χ4v) is 1.60. The van der Waals surface area contributed by atoms with E-state index < -0.39 is 0 Å². The third-order valence-corrected chi connectivity index (χ3v) is 2.86. The van der Waals surface area contributed by atoms with Crippen LogP contribution < -0.4 is 4.74 Å². The molecule has 82 valence electrons. The SMILES string of the molecule is COc1ccc(-c2ncc(CBr)cn2)cc1. The molecular weight excluding hydrogens is 268 g/mol. The highest BCUT2D eigenvalue weighted by molar-refractivity contribution is 9.08. The lowest BCUT2D eigenvalue weighted by Crippen LogP contribution is -1.90. The quantitative estimate of drug-likeness (QED) is 0.810. The predicted octanol–water partition coefficient (Wildman–Crippen LogP) is 3.05. The summed E-state index contributed by atoms with van der Waals surface area (Å²) >= 11 is 3.36. The minimum Gasteiger partial charge on any atom is -0.497 e. The molecule has 0 N–H and O–H groups in total. The highest BCUT2D eigenvalue weighted by Gasteiger charge is 2.01. The molecule has 2 rings (SSSR count). The van der Waals surface area contributed by atoms with E-state index >= 15 is 0 Å². The summed E-state index contributed by atoms with van der Waals surface area (Å²) in [5.74, 6) is 1.56. The van der Waals surface area contributed by atoms with E-state index in [9.17, 15) is 0 Å². The number of benzene rings is 1. The van der Waals surface area contributed by atoms with E-state index in [2.05, 4.69) is 25.9 Å². The van der Waals surface area contributed by atoms with Crippen molar-refractivity contribution in [2.24, 2.45) is 0 Å². The molecule has 0 atom stereocenters. The van der Waals surface area contributed by atoms with Crippen LogP contribution in [0.5, 0.6) is 5.75 Å². The Kier molecular flexibility index (Phi) is 3.51. The van der Waals surface area contributed by atoms with Crippen molar-refractivity contribution in [2.75, 3.05) is 7.11 Å². The molecule has 0 amide bonds. The Morgan fingerprint density at radius 3 is 2.25 bits per heavy atom. The molecule has 0 spiro atoms. The van der Waals surface area contributed by atoms with E-state index in [0.717, 1.165) is 28.0 Å². The fraction of sp³-hybridized carbons (Fsp3) is 0.167. The first-order valence-corrected chi connectivity index (χ1v) is 5.97. The van der Waals surface area contributed by atoms with Crippen molar-refractivity contribution in [3.8, 4) is 17.1 Å². The number of hydrogen-bond donors (Lipinski definition) is 0. The van der Waals surface area contributed by atoms with Crippen LogP contribution in [0.25, 0.3) is 11.4 Å². The first kappa shape index (κ1) is 11.1. The summed E-state index contributed by atoms with van der Waals surface area (Å²) in [5, 5.41) is 0.774. The van der Waals surface area contributed by atoms with Gasteiger partial charge in [-0.3, -0.25) is 0 Å². The molecule has 2 aromatic rings. The molecule has 4 heteroatoms. The van der Waals surface area contributed by atoms with Crippen LogP contribution in [0, 0.1) is 0 Å². The predicted molar refractivity (Wildman–Crippen MR) is 66.7 cm³/mol. The molecule has 0 bridgehead atoms. The van der Waals surface area contributed by atoms with Crippen molar-refractivity contribution in [3.63, 3.8) is 0 Å². The topological polar surface area (TPSA) is 35.0 Å². The van der Waals surface area contributed by atoms with E-state index in [0.29, 0.717) is 0 Å². The first-order chi connectivity index (χ1) is 7.83. The van der Waals surface area contributed by atoms with Gasteiger partial charge in [-0.25, -0.2) is 9.97 Å². The lowest BCUT2D eigenvalue weighted by Gasteiger charge is -2.02. The van der Waals surface area contributed by atoms with Gasteiger partial charge in [0, 0.05) is 23.3 Å². The largest absolute Gasteiger partial charge is 0.497 e. The number of hydrogen-bond acceptors (Lipinski definition) is 3. The molecule has 1 heterocycles. The molecule has 0 saturated heterocycles. The molecule has 0 unspecified atom stereocenters. The molecule has 0 aliphatic heterocycles. The zero-order valence-electron chi connectivity index (χ0n) is 8.85. The maximum Gasteiger partial charge on any atom is 0.159 e. The molecule has 0 saturated carbocycles. The van der Waals surface area contributed by atoms with Crippen LogP contribution in [0.4, 0.5) is 0 Å². The summed E-state index contributed by atoms with van der Waals surface area (Å²) in [4.78, 5) is 8.59. The van der Waals surface area contributed by atoms with Crippen molar-refractivity contribution in [1.29, 1.82) is 0 Å². The zero-order valence-corrected chi connectivity index (χ0v) is 10.4. The van der Waals surface area contributed by atoms with E-state index in [-0.39, 0.29) is 0 Å². The van der Waals surface area contributed by atoms with Crippen LogP contribution in [-0.2, 0) is 5.33 Å².